The Labute approximate surface area is 206 Å². The van der Waals surface area contributed by atoms with Crippen LogP contribution >= 0.6 is 0 Å². The number of fused-ring (bicyclic) bond motifs is 2. The highest BCUT2D eigenvalue weighted by atomic mass is 19.3. The third-order valence-corrected chi connectivity index (χ3v) is 7.43. The van der Waals surface area contributed by atoms with Crippen LogP contribution in [0.1, 0.15) is 38.4 Å². The summed E-state index contributed by atoms with van der Waals surface area (Å²) in [5.41, 5.74) is 2.90. The van der Waals surface area contributed by atoms with E-state index in [1.54, 1.807) is 23.7 Å². The number of amides is 1. The van der Waals surface area contributed by atoms with Gasteiger partial charge in [-0.2, -0.15) is 0 Å². The number of imidazole rings is 1. The maximum Gasteiger partial charge on any atom is 0.256 e. The normalized spacial score (nSPS) is 22.0. The lowest BCUT2D eigenvalue weighted by Gasteiger charge is -2.45. The van der Waals surface area contributed by atoms with Gasteiger partial charge in [0.2, 0.25) is 11.9 Å². The Morgan fingerprint density at radius 3 is 2.72 bits per heavy atom. The lowest BCUT2D eigenvalue weighted by molar-refractivity contribution is -0.145. The van der Waals surface area contributed by atoms with Crippen LogP contribution in [0.25, 0.3) is 27.9 Å². The molecule has 0 atom stereocenters. The molecule has 1 N–H and O–H groups in total. The molecule has 0 radical (unpaired) electrons. The predicted molar refractivity (Wildman–Crippen MR) is 131 cm³/mol. The molecule has 0 spiro atoms. The van der Waals surface area contributed by atoms with E-state index >= 15 is 0 Å². The Hall–Kier alpha value is -3.63. The lowest BCUT2D eigenvalue weighted by Crippen LogP contribution is -2.53. The second-order valence-corrected chi connectivity index (χ2v) is 10.2. The van der Waals surface area contributed by atoms with Crippen molar-refractivity contribution in [3.05, 3.63) is 36.4 Å². The van der Waals surface area contributed by atoms with Crippen LogP contribution in [0.5, 0.6) is 0 Å². The summed E-state index contributed by atoms with van der Waals surface area (Å²) in [4.78, 5) is 28.3. The monoisotopic (exact) mass is 494 g/mol. The molecule has 1 aliphatic carbocycles. The zero-order valence-corrected chi connectivity index (χ0v) is 20.3. The molecular weight excluding hydrogens is 466 g/mol. The zero-order chi connectivity index (χ0) is 25.0. The molecule has 4 aromatic heterocycles. The van der Waals surface area contributed by atoms with Gasteiger partial charge >= 0.3 is 0 Å². The lowest BCUT2D eigenvalue weighted by atomic mass is 9.66. The fourth-order valence-electron chi connectivity index (χ4n) is 5.59. The minimum atomic E-state index is -2.49. The SMILES string of the molecule is Cc1nc2ccc(-c3ccn4nc(NC5CC(C)(C(=O)N6CCCC6)C5)ncc34)nc2n1CC(F)F. The minimum absolute atomic E-state index is 0.150. The second-order valence-electron chi connectivity index (χ2n) is 10.2. The smallest absolute Gasteiger partial charge is 0.256 e. The number of pyridine rings is 1. The van der Waals surface area contributed by atoms with Crippen LogP contribution in [0.2, 0.25) is 0 Å². The number of rotatable bonds is 6. The van der Waals surface area contributed by atoms with Crippen LogP contribution in [-0.4, -0.2) is 65.5 Å². The first-order chi connectivity index (χ1) is 17.3. The van der Waals surface area contributed by atoms with Gasteiger partial charge in [-0.05, 0) is 50.8 Å². The summed E-state index contributed by atoms with van der Waals surface area (Å²) in [6.45, 7) is 5.05. The van der Waals surface area contributed by atoms with Gasteiger partial charge in [0.25, 0.3) is 6.43 Å². The molecule has 0 unspecified atom stereocenters. The summed E-state index contributed by atoms with van der Waals surface area (Å²) in [5.74, 6) is 1.27. The third-order valence-electron chi connectivity index (χ3n) is 7.43. The van der Waals surface area contributed by atoms with Gasteiger partial charge in [0.05, 0.1) is 29.4 Å². The van der Waals surface area contributed by atoms with Crippen LogP contribution < -0.4 is 5.32 Å². The highest BCUT2D eigenvalue weighted by Crippen LogP contribution is 2.44. The van der Waals surface area contributed by atoms with Crippen molar-refractivity contribution >= 4 is 28.5 Å². The maximum atomic E-state index is 13.1. The van der Waals surface area contributed by atoms with Gasteiger partial charge in [-0.1, -0.05) is 6.92 Å². The third kappa shape index (κ3) is 3.86. The summed E-state index contributed by atoms with van der Waals surface area (Å²) in [7, 11) is 0. The first-order valence-electron chi connectivity index (χ1n) is 12.3. The van der Waals surface area contributed by atoms with E-state index in [1.165, 1.54) is 4.57 Å². The Bertz CT molecular complexity index is 1450. The molecule has 0 bridgehead atoms. The highest BCUT2D eigenvalue weighted by Gasteiger charge is 2.48. The van der Waals surface area contributed by atoms with Crippen LogP contribution in [0.4, 0.5) is 14.7 Å². The van der Waals surface area contributed by atoms with E-state index in [9.17, 15) is 13.6 Å². The van der Waals surface area contributed by atoms with Crippen LogP contribution in [0.15, 0.2) is 30.6 Å². The average molecular weight is 495 g/mol. The van der Waals surface area contributed by atoms with Crippen molar-refractivity contribution in [3.8, 4) is 11.3 Å². The zero-order valence-electron chi connectivity index (χ0n) is 20.3. The van der Waals surface area contributed by atoms with E-state index < -0.39 is 13.0 Å². The van der Waals surface area contributed by atoms with Crippen molar-refractivity contribution in [2.24, 2.45) is 5.41 Å². The molecule has 2 fully saturated rings. The summed E-state index contributed by atoms with van der Waals surface area (Å²) in [5, 5.41) is 7.95. The van der Waals surface area contributed by atoms with Gasteiger partial charge in [-0.15, -0.1) is 5.10 Å². The van der Waals surface area contributed by atoms with Gasteiger partial charge in [0.15, 0.2) is 5.65 Å². The fraction of sp³-hybridized carbons (Fsp3) is 0.480. The number of halogens is 2. The van der Waals surface area contributed by atoms with Gasteiger partial charge in [0.1, 0.15) is 11.3 Å². The second kappa shape index (κ2) is 8.49. The molecule has 11 heteroatoms. The number of nitrogens with one attached hydrogen (secondary N) is 1. The van der Waals surface area contributed by atoms with Crippen LogP contribution in [0.3, 0.4) is 0 Å². The number of hydrogen-bond donors (Lipinski definition) is 1. The van der Waals surface area contributed by atoms with E-state index in [0.717, 1.165) is 49.9 Å². The molecular formula is C25H28F2N8O. The first kappa shape index (κ1) is 22.8. The van der Waals surface area contributed by atoms with Gasteiger partial charge in [-0.3, -0.25) is 4.79 Å². The number of aromatic nitrogens is 6. The average Bonchev–Trinajstić information content (AvgIpc) is 3.56. The molecule has 4 aromatic rings. The molecule has 6 rings (SSSR count). The maximum absolute atomic E-state index is 13.1. The van der Waals surface area contributed by atoms with Crippen molar-refractivity contribution in [3.63, 3.8) is 0 Å². The number of carbonyl (C=O) groups excluding carboxylic acids is 1. The molecule has 5 heterocycles. The molecule has 1 amide bonds. The standard InChI is InChI=1S/C25H28F2N8O/c1-15-29-19-6-5-18(31-22(19)34(15)14-21(26)27)17-7-10-35-20(17)13-28-24(32-35)30-16-11-25(2,12-16)23(36)33-8-3-4-9-33/h5-7,10,13,16,21H,3-4,8-9,11-12,14H2,1-2H3,(H,30,32). The Kier molecular flexibility index (Phi) is 5.38. The molecule has 36 heavy (non-hydrogen) atoms. The van der Waals surface area contributed by atoms with E-state index in [0.29, 0.717) is 28.6 Å². The van der Waals surface area contributed by atoms with Crippen molar-refractivity contribution in [2.45, 2.75) is 58.5 Å². The molecule has 1 aliphatic heterocycles. The van der Waals surface area contributed by atoms with Crippen molar-refractivity contribution in [1.82, 2.24) is 34.0 Å². The van der Waals surface area contributed by atoms with Crippen molar-refractivity contribution < 1.29 is 13.6 Å². The van der Waals surface area contributed by atoms with Crippen molar-refractivity contribution in [1.29, 1.82) is 0 Å². The number of likely N-dealkylation sites (tertiary alicyclic amines) is 1. The number of aryl methyl sites for hydroxylation is 1. The Morgan fingerprint density at radius 2 is 1.97 bits per heavy atom. The number of hydrogen-bond acceptors (Lipinski definition) is 6. The molecule has 1 saturated heterocycles. The van der Waals surface area contributed by atoms with Gasteiger partial charge in [0, 0.05) is 30.9 Å². The first-order valence-corrected chi connectivity index (χ1v) is 12.3. The molecule has 0 aromatic carbocycles. The largest absolute Gasteiger partial charge is 0.350 e. The Balaban J connectivity index is 1.20. The van der Waals surface area contributed by atoms with Gasteiger partial charge in [-0.25, -0.2) is 28.2 Å². The highest BCUT2D eigenvalue weighted by molar-refractivity contribution is 5.84. The van der Waals surface area contributed by atoms with Crippen molar-refractivity contribution in [2.75, 3.05) is 18.4 Å². The fourth-order valence-corrected chi connectivity index (χ4v) is 5.59. The minimum Gasteiger partial charge on any atom is -0.350 e. The summed E-state index contributed by atoms with van der Waals surface area (Å²) >= 11 is 0. The van der Waals surface area contributed by atoms with E-state index in [1.807, 2.05) is 30.2 Å². The molecule has 1 saturated carbocycles. The quantitative estimate of drug-likeness (QED) is 0.437. The molecule has 9 nitrogen and oxygen atoms in total. The Morgan fingerprint density at radius 1 is 1.19 bits per heavy atom. The van der Waals surface area contributed by atoms with Crippen LogP contribution in [-0.2, 0) is 11.3 Å². The van der Waals surface area contributed by atoms with Gasteiger partial charge < -0.3 is 14.8 Å². The van der Waals surface area contributed by atoms with E-state index in [2.05, 4.69) is 25.4 Å². The molecule has 188 valence electrons. The number of nitrogens with zero attached hydrogens (tertiary/aromatic N) is 7. The van der Waals surface area contributed by atoms with E-state index in [-0.39, 0.29) is 17.4 Å². The molecule has 2 aliphatic rings. The topological polar surface area (TPSA) is 93.2 Å². The summed E-state index contributed by atoms with van der Waals surface area (Å²) in [6.07, 6.45) is 4.77. The number of anilines is 1. The summed E-state index contributed by atoms with van der Waals surface area (Å²) in [6, 6.07) is 5.66. The van der Waals surface area contributed by atoms with E-state index in [4.69, 9.17) is 0 Å². The van der Waals surface area contributed by atoms with Crippen LogP contribution in [0, 0.1) is 12.3 Å². The number of carbonyl (C=O) groups is 1. The number of alkyl halides is 2. The summed E-state index contributed by atoms with van der Waals surface area (Å²) < 4.78 is 29.3. The predicted octanol–water partition coefficient (Wildman–Crippen LogP) is 3.92.